The number of methoxy groups -OCH3 is 1. The van der Waals surface area contributed by atoms with Crippen LogP contribution in [-0.4, -0.2) is 34.7 Å². The molecule has 2 N–H and O–H groups in total. The first-order valence-electron chi connectivity index (χ1n) is 11.1. The number of aromatic amines is 1. The highest BCUT2D eigenvalue weighted by Crippen LogP contribution is 2.39. The zero-order chi connectivity index (χ0) is 21.4. The van der Waals surface area contributed by atoms with E-state index >= 15 is 0 Å². The highest BCUT2D eigenvalue weighted by molar-refractivity contribution is 7.80. The molecule has 2 heterocycles. The molecular weight excluding hydrogens is 409 g/mol. The van der Waals surface area contributed by atoms with Crippen molar-refractivity contribution in [1.29, 1.82) is 0 Å². The van der Waals surface area contributed by atoms with Gasteiger partial charge in [-0.2, -0.15) is 0 Å². The van der Waals surface area contributed by atoms with Crippen LogP contribution in [0, 0.1) is 5.82 Å². The summed E-state index contributed by atoms with van der Waals surface area (Å²) in [6, 6.07) is 13.6. The van der Waals surface area contributed by atoms with Crippen LogP contribution in [0.3, 0.4) is 0 Å². The van der Waals surface area contributed by atoms with Crippen LogP contribution >= 0.6 is 12.2 Å². The number of halogens is 1. The summed E-state index contributed by atoms with van der Waals surface area (Å²) in [7, 11) is 1.68. The van der Waals surface area contributed by atoms with Gasteiger partial charge in [0.1, 0.15) is 11.6 Å². The van der Waals surface area contributed by atoms with E-state index in [4.69, 9.17) is 17.0 Å². The molecule has 31 heavy (non-hydrogen) atoms. The normalized spacial score (nSPS) is 19.3. The second-order valence-electron chi connectivity index (χ2n) is 8.61. The summed E-state index contributed by atoms with van der Waals surface area (Å²) in [5.74, 6) is 0.625. The van der Waals surface area contributed by atoms with Crippen molar-refractivity contribution in [1.82, 2.24) is 15.2 Å². The number of H-pyrrole nitrogens is 1. The molecule has 162 valence electrons. The molecule has 0 bridgehead atoms. The molecule has 1 aliphatic carbocycles. The quantitative estimate of drug-likeness (QED) is 0.533. The highest BCUT2D eigenvalue weighted by Gasteiger charge is 2.34. The van der Waals surface area contributed by atoms with Crippen LogP contribution in [0.4, 0.5) is 4.39 Å². The Morgan fingerprint density at radius 3 is 2.65 bits per heavy atom. The van der Waals surface area contributed by atoms with Crippen LogP contribution in [0.25, 0.3) is 10.9 Å². The molecule has 0 spiro atoms. The molecule has 3 aromatic rings. The summed E-state index contributed by atoms with van der Waals surface area (Å²) < 4.78 is 19.3. The van der Waals surface area contributed by atoms with E-state index < -0.39 is 0 Å². The number of ether oxygens (including phenoxy) is 1. The zero-order valence-electron chi connectivity index (χ0n) is 17.8. The molecule has 0 radical (unpaired) electrons. The second-order valence-corrected chi connectivity index (χ2v) is 9.00. The van der Waals surface area contributed by atoms with E-state index in [1.54, 1.807) is 13.2 Å². The fraction of sp³-hybridized carbons (Fsp3) is 0.400. The van der Waals surface area contributed by atoms with Crippen LogP contribution in [0.15, 0.2) is 42.5 Å². The molecule has 1 saturated carbocycles. The van der Waals surface area contributed by atoms with Gasteiger partial charge in [0.2, 0.25) is 0 Å². The number of thiocarbonyl (C=S) groups is 1. The molecule has 1 fully saturated rings. The molecule has 1 aliphatic heterocycles. The lowest BCUT2D eigenvalue weighted by atomic mass is 9.92. The maximum absolute atomic E-state index is 14.0. The molecule has 1 unspecified atom stereocenters. The fourth-order valence-corrected chi connectivity index (χ4v) is 5.48. The molecular formula is C25H28FN3OS. The summed E-state index contributed by atoms with van der Waals surface area (Å²) in [5.41, 5.74) is 4.40. The number of fused-ring (bicyclic) bond motifs is 3. The van der Waals surface area contributed by atoms with Crippen molar-refractivity contribution in [3.8, 4) is 5.75 Å². The van der Waals surface area contributed by atoms with Crippen molar-refractivity contribution in [3.63, 3.8) is 0 Å². The topological polar surface area (TPSA) is 40.3 Å². The molecule has 6 heteroatoms. The molecule has 1 atom stereocenters. The Morgan fingerprint density at radius 2 is 1.90 bits per heavy atom. The Kier molecular flexibility index (Phi) is 5.57. The third kappa shape index (κ3) is 3.89. The summed E-state index contributed by atoms with van der Waals surface area (Å²) in [4.78, 5) is 5.87. The predicted molar refractivity (Wildman–Crippen MR) is 126 cm³/mol. The van der Waals surface area contributed by atoms with Gasteiger partial charge in [0.05, 0.1) is 13.2 Å². The Hall–Kier alpha value is -2.60. The van der Waals surface area contributed by atoms with Gasteiger partial charge in [-0.05, 0) is 72.9 Å². The second kappa shape index (κ2) is 8.50. The summed E-state index contributed by atoms with van der Waals surface area (Å²) in [6.45, 7) is 0.797. The van der Waals surface area contributed by atoms with Crippen molar-refractivity contribution in [2.45, 2.75) is 50.6 Å². The van der Waals surface area contributed by atoms with E-state index in [0.717, 1.165) is 46.0 Å². The lowest BCUT2D eigenvalue weighted by molar-refractivity contribution is 0.315. The number of hydrogen-bond acceptors (Lipinski definition) is 2. The standard InChI is InChI=1S/C25H28FN3OS/c1-30-19-10-7-16(8-11-19)24-23-20(21-15-17(26)9-12-22(21)28-23)13-14-29(24)25(31)27-18-5-3-2-4-6-18/h7-12,15,18,24,28H,2-6,13-14H2,1H3,(H,27,31). The maximum atomic E-state index is 14.0. The molecule has 4 nitrogen and oxygen atoms in total. The Morgan fingerprint density at radius 1 is 1.13 bits per heavy atom. The average molecular weight is 438 g/mol. The SMILES string of the molecule is COc1ccc(C2c3[nH]c4ccc(F)cc4c3CCN2C(=S)NC2CCCCC2)cc1. The third-order valence-electron chi connectivity index (χ3n) is 6.71. The Labute approximate surface area is 187 Å². The predicted octanol–water partition coefficient (Wildman–Crippen LogP) is 5.47. The van der Waals surface area contributed by atoms with Gasteiger partial charge in [-0.3, -0.25) is 0 Å². The molecule has 5 rings (SSSR count). The molecule has 0 saturated heterocycles. The summed E-state index contributed by atoms with van der Waals surface area (Å²) >= 11 is 5.93. The first kappa shape index (κ1) is 20.3. The summed E-state index contributed by atoms with van der Waals surface area (Å²) in [5, 5.41) is 5.42. The number of rotatable bonds is 3. The Balaban J connectivity index is 1.54. The first-order valence-corrected chi connectivity index (χ1v) is 11.6. The fourth-order valence-electron chi connectivity index (χ4n) is 5.12. The van der Waals surface area contributed by atoms with Crippen LogP contribution < -0.4 is 10.1 Å². The van der Waals surface area contributed by atoms with E-state index in [9.17, 15) is 4.39 Å². The van der Waals surface area contributed by atoms with Crippen LogP contribution in [0.5, 0.6) is 5.75 Å². The lowest BCUT2D eigenvalue weighted by Gasteiger charge is -2.39. The number of nitrogens with zero attached hydrogens (tertiary/aromatic N) is 1. The van der Waals surface area contributed by atoms with Gasteiger partial charge in [-0.25, -0.2) is 4.39 Å². The lowest BCUT2D eigenvalue weighted by Crippen LogP contribution is -2.49. The van der Waals surface area contributed by atoms with Crippen molar-refractivity contribution >= 4 is 28.2 Å². The van der Waals surface area contributed by atoms with Crippen molar-refractivity contribution < 1.29 is 9.13 Å². The van der Waals surface area contributed by atoms with Crippen molar-refractivity contribution in [3.05, 3.63) is 65.1 Å². The minimum atomic E-state index is -0.202. The van der Waals surface area contributed by atoms with Gasteiger partial charge in [0.25, 0.3) is 0 Å². The molecule has 2 aliphatic rings. The average Bonchev–Trinajstić information content (AvgIpc) is 3.17. The number of nitrogens with one attached hydrogen (secondary N) is 2. The van der Waals surface area contributed by atoms with Gasteiger partial charge < -0.3 is 19.9 Å². The summed E-state index contributed by atoms with van der Waals surface area (Å²) in [6.07, 6.45) is 7.03. The van der Waals surface area contributed by atoms with E-state index in [1.165, 1.54) is 43.7 Å². The van der Waals surface area contributed by atoms with Crippen molar-refractivity contribution in [2.75, 3.05) is 13.7 Å². The maximum Gasteiger partial charge on any atom is 0.170 e. The van der Waals surface area contributed by atoms with Crippen LogP contribution in [0.1, 0.15) is 55.0 Å². The highest BCUT2D eigenvalue weighted by atomic mass is 32.1. The molecule has 2 aromatic carbocycles. The van der Waals surface area contributed by atoms with Gasteiger partial charge in [-0.1, -0.05) is 31.4 Å². The van der Waals surface area contributed by atoms with E-state index in [-0.39, 0.29) is 11.9 Å². The van der Waals surface area contributed by atoms with Crippen LogP contribution in [0.2, 0.25) is 0 Å². The third-order valence-corrected chi connectivity index (χ3v) is 7.07. The minimum absolute atomic E-state index is 0.0475. The smallest absolute Gasteiger partial charge is 0.170 e. The van der Waals surface area contributed by atoms with Gasteiger partial charge in [-0.15, -0.1) is 0 Å². The monoisotopic (exact) mass is 437 g/mol. The van der Waals surface area contributed by atoms with Gasteiger partial charge >= 0.3 is 0 Å². The first-order chi connectivity index (χ1) is 15.1. The Bertz CT molecular complexity index is 1090. The molecule has 1 aromatic heterocycles. The number of aromatic nitrogens is 1. The number of hydrogen-bond donors (Lipinski definition) is 2. The van der Waals surface area contributed by atoms with E-state index in [1.807, 2.05) is 18.2 Å². The van der Waals surface area contributed by atoms with Gasteiger partial charge in [0, 0.05) is 29.2 Å². The largest absolute Gasteiger partial charge is 0.497 e. The minimum Gasteiger partial charge on any atom is -0.497 e. The van der Waals surface area contributed by atoms with Gasteiger partial charge in [0.15, 0.2) is 5.11 Å². The molecule has 0 amide bonds. The van der Waals surface area contributed by atoms with Crippen LogP contribution in [-0.2, 0) is 6.42 Å². The van der Waals surface area contributed by atoms with E-state index in [0.29, 0.717) is 6.04 Å². The van der Waals surface area contributed by atoms with Crippen molar-refractivity contribution in [2.24, 2.45) is 0 Å². The van der Waals surface area contributed by atoms with E-state index in [2.05, 4.69) is 27.3 Å². The number of benzene rings is 2. The zero-order valence-corrected chi connectivity index (χ0v) is 18.6.